The molecule has 1 saturated heterocycles. The molecule has 220 valence electrons. The molecular weight excluding hydrogens is 581 g/mol. The van der Waals surface area contributed by atoms with Crippen molar-refractivity contribution in [2.45, 2.75) is 42.9 Å². The third-order valence-corrected chi connectivity index (χ3v) is 9.07. The summed E-state index contributed by atoms with van der Waals surface area (Å²) in [6.07, 6.45) is 0.801. The number of aliphatic hydroxyl groups is 1. The maximum atomic E-state index is 14.3. The number of nitrogens with one attached hydrogen (secondary N) is 1. The van der Waals surface area contributed by atoms with E-state index in [0.29, 0.717) is 41.5 Å². The molecule has 4 aromatic carbocycles. The molecule has 42 heavy (non-hydrogen) atoms. The van der Waals surface area contributed by atoms with Gasteiger partial charge in [-0.1, -0.05) is 54.6 Å². The molecule has 1 heterocycles. The number of para-hydroxylation sites is 1. The molecule has 4 unspecified atom stereocenters. The average Bonchev–Trinajstić information content (AvgIpc) is 3.35. The normalized spacial score (nSPS) is 19.6. The van der Waals surface area contributed by atoms with Crippen LogP contribution < -0.4 is 15.5 Å². The van der Waals surface area contributed by atoms with E-state index < -0.39 is 25.2 Å². The Morgan fingerprint density at radius 2 is 1.60 bits per heavy atom. The van der Waals surface area contributed by atoms with Crippen molar-refractivity contribution >= 4 is 30.7 Å². The Morgan fingerprint density at radius 3 is 2.21 bits per heavy atom. The number of phenolic OH excluding ortho intramolecular Hbond substituents is 1. The minimum atomic E-state index is -4.37. The lowest BCUT2D eigenvalue weighted by atomic mass is 9.92. The molecule has 4 aromatic rings. The van der Waals surface area contributed by atoms with Gasteiger partial charge in [0.2, 0.25) is 0 Å². The van der Waals surface area contributed by atoms with Crippen LogP contribution in [0.4, 0.5) is 14.0 Å². The van der Waals surface area contributed by atoms with Crippen molar-refractivity contribution in [1.82, 2.24) is 5.32 Å². The molecule has 1 aliphatic heterocycles. The number of aromatic hydroxyl groups is 1. The lowest BCUT2D eigenvalue weighted by Gasteiger charge is -2.32. The van der Waals surface area contributed by atoms with Crippen LogP contribution in [-0.2, 0) is 4.57 Å². The van der Waals surface area contributed by atoms with Crippen molar-refractivity contribution in [1.29, 1.82) is 0 Å². The minimum Gasteiger partial charge on any atom is -0.508 e. The first-order valence-corrected chi connectivity index (χ1v) is 15.8. The molecule has 0 bridgehead atoms. The third kappa shape index (κ3) is 6.70. The van der Waals surface area contributed by atoms with Gasteiger partial charge in [-0.05, 0) is 78.4 Å². The summed E-state index contributed by atoms with van der Waals surface area (Å²) in [5.74, 6) is -0.371. The van der Waals surface area contributed by atoms with Crippen LogP contribution in [0.25, 0.3) is 11.1 Å². The highest BCUT2D eigenvalue weighted by Gasteiger charge is 2.43. The van der Waals surface area contributed by atoms with Gasteiger partial charge < -0.3 is 24.9 Å². The second-order valence-electron chi connectivity index (χ2n) is 10.3. The summed E-state index contributed by atoms with van der Waals surface area (Å²) in [5.41, 5.74) is 2.59. The molecule has 0 amide bonds. The quantitative estimate of drug-likeness (QED) is 0.132. The van der Waals surface area contributed by atoms with Crippen molar-refractivity contribution in [3.8, 4) is 16.9 Å². The van der Waals surface area contributed by atoms with E-state index >= 15 is 0 Å². The van der Waals surface area contributed by atoms with Crippen LogP contribution in [0.3, 0.4) is 0 Å². The minimum absolute atomic E-state index is 0.000140. The van der Waals surface area contributed by atoms with Crippen molar-refractivity contribution in [2.75, 3.05) is 4.90 Å². The van der Waals surface area contributed by atoms with E-state index in [-0.39, 0.29) is 35.1 Å². The lowest BCUT2D eigenvalue weighted by molar-refractivity contribution is 0.162. The lowest BCUT2D eigenvalue weighted by Crippen LogP contribution is -2.33. The molecule has 4 atom stereocenters. The summed E-state index contributed by atoms with van der Waals surface area (Å²) in [7, 11) is -4.37. The van der Waals surface area contributed by atoms with Crippen LogP contribution in [0.1, 0.15) is 42.5 Å². The topological polar surface area (TPSA) is 113 Å². The number of aliphatic hydroxyl groups excluding tert-OH is 1. The van der Waals surface area contributed by atoms with Gasteiger partial charge >= 0.3 is 7.60 Å². The molecule has 0 aromatic heterocycles. The van der Waals surface area contributed by atoms with Crippen LogP contribution in [-0.4, -0.2) is 31.5 Å². The van der Waals surface area contributed by atoms with Crippen LogP contribution in [0, 0.1) is 5.82 Å². The SMILES string of the molecule is O=P(O)(O)c1ccc(-c2ccc(C3C(CCCC(O)c4ccc(F)cc4)NC(SF)N3c3ccccc3)c(O)c2)cc1. The number of hydrogen-bond acceptors (Lipinski definition) is 6. The van der Waals surface area contributed by atoms with E-state index in [9.17, 15) is 32.8 Å². The molecule has 11 heteroatoms. The molecule has 0 radical (unpaired) electrons. The van der Waals surface area contributed by atoms with E-state index in [1.165, 1.54) is 24.3 Å². The number of phenols is 1. The fourth-order valence-corrected chi connectivity index (χ4v) is 6.57. The highest BCUT2D eigenvalue weighted by molar-refractivity contribution is 7.95. The standard InChI is InChI=1S/C31H31F2N2O5PS/c32-23-14-9-21(10-15-23)28(36)8-4-7-27-30(35(31(34-27)42-33)24-5-2-1-3-6-24)26-18-13-22(19-29(26)37)20-11-16-25(17-12-20)41(38,39)40/h1-3,5-6,9-19,27-28,30-31,34,36-37H,4,7-8H2,(H2,38,39,40). The van der Waals surface area contributed by atoms with Gasteiger partial charge in [0, 0.05) is 17.3 Å². The van der Waals surface area contributed by atoms with Crippen molar-refractivity contribution in [3.63, 3.8) is 0 Å². The zero-order valence-electron chi connectivity index (χ0n) is 22.4. The molecule has 1 fully saturated rings. The van der Waals surface area contributed by atoms with Crippen LogP contribution >= 0.6 is 19.7 Å². The highest BCUT2D eigenvalue weighted by atomic mass is 32.2. The number of anilines is 1. The molecule has 0 aliphatic carbocycles. The smallest absolute Gasteiger partial charge is 0.356 e. The summed E-state index contributed by atoms with van der Waals surface area (Å²) in [5, 5.41) is 25.2. The first-order valence-electron chi connectivity index (χ1n) is 13.5. The number of nitrogens with zero attached hydrogens (tertiary/aromatic N) is 1. The van der Waals surface area contributed by atoms with E-state index in [1.54, 1.807) is 36.4 Å². The molecule has 1 aliphatic rings. The van der Waals surface area contributed by atoms with Gasteiger partial charge in [0.15, 0.2) is 5.50 Å². The number of halogens is 2. The number of hydrogen-bond donors (Lipinski definition) is 5. The zero-order valence-corrected chi connectivity index (χ0v) is 24.1. The zero-order chi connectivity index (χ0) is 29.9. The van der Waals surface area contributed by atoms with Crippen molar-refractivity contribution in [2.24, 2.45) is 0 Å². The monoisotopic (exact) mass is 612 g/mol. The fourth-order valence-electron chi connectivity index (χ4n) is 5.47. The van der Waals surface area contributed by atoms with Gasteiger partial charge in [-0.25, -0.2) is 4.39 Å². The molecular formula is C31H31F2N2O5PS. The Kier molecular flexibility index (Phi) is 9.32. The molecule has 5 rings (SSSR count). The van der Waals surface area contributed by atoms with Gasteiger partial charge in [0.05, 0.1) is 29.6 Å². The maximum absolute atomic E-state index is 14.3. The van der Waals surface area contributed by atoms with Crippen LogP contribution in [0.15, 0.2) is 97.1 Å². The Hall–Kier alpha value is -3.24. The van der Waals surface area contributed by atoms with Crippen molar-refractivity contribution in [3.05, 3.63) is 114 Å². The van der Waals surface area contributed by atoms with Gasteiger partial charge in [-0.2, -0.15) is 3.89 Å². The van der Waals surface area contributed by atoms with Gasteiger partial charge in [-0.15, -0.1) is 0 Å². The summed E-state index contributed by atoms with van der Waals surface area (Å²) in [6, 6.07) is 25.5. The Morgan fingerprint density at radius 1 is 0.929 bits per heavy atom. The summed E-state index contributed by atoms with van der Waals surface area (Å²) in [4.78, 5) is 20.7. The van der Waals surface area contributed by atoms with Crippen molar-refractivity contribution < 1.29 is 32.8 Å². The summed E-state index contributed by atoms with van der Waals surface area (Å²) >= 11 is 0.169. The Balaban J connectivity index is 1.42. The van der Waals surface area contributed by atoms with Crippen LogP contribution in [0.5, 0.6) is 5.75 Å². The summed E-state index contributed by atoms with van der Waals surface area (Å²) < 4.78 is 39.2. The predicted octanol–water partition coefficient (Wildman–Crippen LogP) is 6.33. The van der Waals surface area contributed by atoms with Gasteiger partial charge in [0.1, 0.15) is 11.6 Å². The Bertz CT molecular complexity index is 1540. The highest BCUT2D eigenvalue weighted by Crippen LogP contribution is 2.45. The maximum Gasteiger partial charge on any atom is 0.356 e. The van der Waals surface area contributed by atoms with Gasteiger partial charge in [-0.3, -0.25) is 9.88 Å². The fraction of sp³-hybridized carbons (Fsp3) is 0.226. The van der Waals surface area contributed by atoms with Gasteiger partial charge in [0.25, 0.3) is 0 Å². The van der Waals surface area contributed by atoms with Crippen LogP contribution in [0.2, 0.25) is 0 Å². The second-order valence-corrected chi connectivity index (χ2v) is 12.5. The van der Waals surface area contributed by atoms with E-state index in [0.717, 1.165) is 5.69 Å². The Labute approximate surface area is 247 Å². The molecule has 5 N–H and O–H groups in total. The van der Waals surface area contributed by atoms with E-state index in [2.05, 4.69) is 5.32 Å². The largest absolute Gasteiger partial charge is 0.508 e. The molecule has 7 nitrogen and oxygen atoms in total. The number of rotatable bonds is 10. The second kappa shape index (κ2) is 13.0. The average molecular weight is 613 g/mol. The third-order valence-electron chi connectivity index (χ3n) is 7.56. The van der Waals surface area contributed by atoms with E-state index in [4.69, 9.17) is 0 Å². The first-order chi connectivity index (χ1) is 20.2. The number of benzene rings is 4. The summed E-state index contributed by atoms with van der Waals surface area (Å²) in [6.45, 7) is 0. The van der Waals surface area contributed by atoms with E-state index in [1.807, 2.05) is 41.3 Å². The predicted molar refractivity (Wildman–Crippen MR) is 162 cm³/mol. The molecule has 0 spiro atoms. The molecule has 0 saturated carbocycles. The first kappa shape index (κ1) is 30.2.